The van der Waals surface area contributed by atoms with Crippen LogP contribution in [-0.2, 0) is 4.74 Å². The van der Waals surface area contributed by atoms with E-state index >= 15 is 0 Å². The van der Waals surface area contributed by atoms with Crippen molar-refractivity contribution in [3.8, 4) is 0 Å². The number of hydrogen-bond acceptors (Lipinski definition) is 2. The number of hydrogen-bond donors (Lipinski definition) is 1. The van der Waals surface area contributed by atoms with E-state index in [4.69, 9.17) is 4.74 Å². The van der Waals surface area contributed by atoms with Crippen molar-refractivity contribution in [2.45, 2.75) is 20.3 Å². The zero-order chi connectivity index (χ0) is 8.69. The lowest BCUT2D eigenvalue weighted by atomic mass is 10.3. The fraction of sp³-hybridized carbons (Fsp3) is 0.556. The monoisotopic (exact) mass is 155 g/mol. The molecule has 0 unspecified atom stereocenters. The quantitative estimate of drug-likeness (QED) is 0.659. The summed E-state index contributed by atoms with van der Waals surface area (Å²) >= 11 is 0. The predicted octanol–water partition coefficient (Wildman–Crippen LogP) is 2.05. The van der Waals surface area contributed by atoms with Gasteiger partial charge in [0.25, 0.3) is 0 Å². The van der Waals surface area contributed by atoms with Gasteiger partial charge in [0, 0.05) is 13.5 Å². The maximum Gasteiger partial charge on any atom is 0.137 e. The Morgan fingerprint density at radius 2 is 2.18 bits per heavy atom. The van der Waals surface area contributed by atoms with Crippen LogP contribution in [0.4, 0.5) is 0 Å². The molecule has 1 aliphatic heterocycles. The van der Waals surface area contributed by atoms with Crippen LogP contribution in [0.25, 0.3) is 0 Å². The minimum Gasteiger partial charge on any atom is -0.491 e. The molecular weight excluding hydrogens is 138 g/mol. The second-order valence-electron chi connectivity index (χ2n) is 1.90. The Balaban J connectivity index is 0.000000461. The van der Waals surface area contributed by atoms with Crippen molar-refractivity contribution in [1.82, 2.24) is 5.32 Å². The Bertz CT molecular complexity index is 150. The van der Waals surface area contributed by atoms with E-state index in [1.165, 1.54) is 0 Å². The molecule has 0 bridgehead atoms. The number of rotatable bonds is 2. The predicted molar refractivity (Wildman–Crippen MR) is 48.2 cm³/mol. The lowest BCUT2D eigenvalue weighted by Gasteiger charge is -1.97. The Morgan fingerprint density at radius 3 is 2.55 bits per heavy atom. The third kappa shape index (κ3) is 2.66. The van der Waals surface area contributed by atoms with E-state index in [1.54, 1.807) is 6.08 Å². The normalized spacial score (nSPS) is 14.8. The van der Waals surface area contributed by atoms with Crippen molar-refractivity contribution in [1.29, 1.82) is 0 Å². The first-order valence-corrected chi connectivity index (χ1v) is 4.04. The molecule has 1 rings (SSSR count). The molecule has 0 aliphatic carbocycles. The Kier molecular flexibility index (Phi) is 5.35. The van der Waals surface area contributed by atoms with Gasteiger partial charge in [-0.05, 0) is 6.08 Å². The summed E-state index contributed by atoms with van der Waals surface area (Å²) < 4.78 is 5.20. The SMILES string of the molecule is C=CC1=C(NC)CCO1.CC. The summed E-state index contributed by atoms with van der Waals surface area (Å²) in [6.07, 6.45) is 2.72. The zero-order valence-corrected chi connectivity index (χ0v) is 7.61. The van der Waals surface area contributed by atoms with Gasteiger partial charge in [-0.25, -0.2) is 0 Å². The second kappa shape index (κ2) is 5.83. The minimum absolute atomic E-state index is 0.789. The van der Waals surface area contributed by atoms with Crippen molar-refractivity contribution >= 4 is 0 Å². The first kappa shape index (κ1) is 10.1. The summed E-state index contributed by atoms with van der Waals surface area (Å²) in [6, 6.07) is 0. The van der Waals surface area contributed by atoms with Gasteiger partial charge < -0.3 is 10.1 Å². The van der Waals surface area contributed by atoms with Crippen LogP contribution in [0.1, 0.15) is 20.3 Å². The van der Waals surface area contributed by atoms with Gasteiger partial charge in [0.15, 0.2) is 0 Å². The molecule has 0 aromatic heterocycles. The highest BCUT2D eigenvalue weighted by atomic mass is 16.5. The lowest BCUT2D eigenvalue weighted by Crippen LogP contribution is -2.04. The van der Waals surface area contributed by atoms with Crippen molar-refractivity contribution in [2.24, 2.45) is 0 Å². The van der Waals surface area contributed by atoms with E-state index in [-0.39, 0.29) is 0 Å². The van der Waals surface area contributed by atoms with Gasteiger partial charge in [-0.2, -0.15) is 0 Å². The van der Waals surface area contributed by atoms with E-state index in [0.717, 1.165) is 24.5 Å². The van der Waals surface area contributed by atoms with Crippen LogP contribution in [-0.4, -0.2) is 13.7 Å². The Morgan fingerprint density at radius 1 is 1.55 bits per heavy atom. The summed E-state index contributed by atoms with van der Waals surface area (Å²) in [5.41, 5.74) is 1.16. The molecular formula is C9H17NO. The molecule has 0 amide bonds. The van der Waals surface area contributed by atoms with E-state index in [9.17, 15) is 0 Å². The summed E-state index contributed by atoms with van der Waals surface area (Å²) in [5.74, 6) is 0.900. The van der Waals surface area contributed by atoms with Gasteiger partial charge >= 0.3 is 0 Å². The van der Waals surface area contributed by atoms with Crippen LogP contribution in [0.15, 0.2) is 24.1 Å². The van der Waals surface area contributed by atoms with Crippen LogP contribution < -0.4 is 5.32 Å². The van der Waals surface area contributed by atoms with E-state index in [0.29, 0.717) is 0 Å². The van der Waals surface area contributed by atoms with Gasteiger partial charge in [0.1, 0.15) is 5.76 Å². The molecule has 1 aliphatic rings. The highest BCUT2D eigenvalue weighted by Crippen LogP contribution is 2.15. The second-order valence-corrected chi connectivity index (χ2v) is 1.90. The molecule has 0 spiro atoms. The molecule has 0 saturated carbocycles. The molecule has 2 heteroatoms. The van der Waals surface area contributed by atoms with Gasteiger partial charge in [-0.3, -0.25) is 0 Å². The maximum atomic E-state index is 5.20. The van der Waals surface area contributed by atoms with E-state index in [2.05, 4.69) is 11.9 Å². The first-order chi connectivity index (χ1) is 5.38. The van der Waals surface area contributed by atoms with Gasteiger partial charge in [-0.15, -0.1) is 0 Å². The lowest BCUT2D eigenvalue weighted by molar-refractivity contribution is 0.257. The molecule has 11 heavy (non-hydrogen) atoms. The fourth-order valence-electron chi connectivity index (χ4n) is 0.904. The molecule has 0 fully saturated rings. The third-order valence-corrected chi connectivity index (χ3v) is 1.39. The van der Waals surface area contributed by atoms with E-state index in [1.807, 2.05) is 20.9 Å². The highest BCUT2D eigenvalue weighted by Gasteiger charge is 2.10. The third-order valence-electron chi connectivity index (χ3n) is 1.39. The maximum absolute atomic E-state index is 5.20. The molecule has 0 aromatic carbocycles. The molecule has 0 atom stereocenters. The smallest absolute Gasteiger partial charge is 0.137 e. The minimum atomic E-state index is 0.789. The van der Waals surface area contributed by atoms with Gasteiger partial charge in [0.2, 0.25) is 0 Å². The molecule has 0 aromatic rings. The Hall–Kier alpha value is -0.920. The van der Waals surface area contributed by atoms with Crippen LogP contribution >= 0.6 is 0 Å². The number of allylic oxidation sites excluding steroid dienone is 1. The summed E-state index contributed by atoms with van der Waals surface area (Å²) in [6.45, 7) is 8.41. The molecule has 2 nitrogen and oxygen atoms in total. The van der Waals surface area contributed by atoms with Crippen LogP contribution in [0.3, 0.4) is 0 Å². The molecule has 1 N–H and O–H groups in total. The van der Waals surface area contributed by atoms with Gasteiger partial charge in [-0.1, -0.05) is 20.4 Å². The van der Waals surface area contributed by atoms with Gasteiger partial charge in [0.05, 0.1) is 12.3 Å². The van der Waals surface area contributed by atoms with Crippen LogP contribution in [0.5, 0.6) is 0 Å². The van der Waals surface area contributed by atoms with Crippen molar-refractivity contribution in [2.75, 3.05) is 13.7 Å². The average Bonchev–Trinajstić information content (AvgIpc) is 2.54. The van der Waals surface area contributed by atoms with E-state index < -0.39 is 0 Å². The summed E-state index contributed by atoms with van der Waals surface area (Å²) in [7, 11) is 1.90. The fourth-order valence-corrected chi connectivity index (χ4v) is 0.904. The van der Waals surface area contributed by atoms with Crippen LogP contribution in [0, 0.1) is 0 Å². The summed E-state index contributed by atoms with van der Waals surface area (Å²) in [5, 5.41) is 3.05. The van der Waals surface area contributed by atoms with Crippen molar-refractivity contribution in [3.05, 3.63) is 24.1 Å². The van der Waals surface area contributed by atoms with Crippen molar-refractivity contribution < 1.29 is 4.74 Å². The summed E-state index contributed by atoms with van der Waals surface area (Å²) in [4.78, 5) is 0. The highest BCUT2D eigenvalue weighted by molar-refractivity contribution is 5.19. The number of ether oxygens (including phenoxy) is 1. The standard InChI is InChI=1S/C7H11NO.C2H6/c1-3-7-6(8-2)4-5-9-7;1-2/h3,8H,1,4-5H2,2H3;1-2H3. The molecule has 1 heterocycles. The Labute approximate surface area is 68.9 Å². The topological polar surface area (TPSA) is 21.3 Å². The largest absolute Gasteiger partial charge is 0.491 e. The molecule has 64 valence electrons. The average molecular weight is 155 g/mol. The molecule has 0 saturated heterocycles. The first-order valence-electron chi connectivity index (χ1n) is 4.04. The van der Waals surface area contributed by atoms with Crippen LogP contribution in [0.2, 0.25) is 0 Å². The zero-order valence-electron chi connectivity index (χ0n) is 7.61. The van der Waals surface area contributed by atoms with Crippen molar-refractivity contribution in [3.63, 3.8) is 0 Å². The number of nitrogens with one attached hydrogen (secondary N) is 1. The molecule has 0 radical (unpaired) electrons.